The van der Waals surface area contributed by atoms with Gasteiger partial charge in [0.25, 0.3) is 5.91 Å². The number of aryl methyl sites for hydroxylation is 2. The maximum absolute atomic E-state index is 12.9. The van der Waals surface area contributed by atoms with Crippen molar-refractivity contribution in [2.45, 2.75) is 19.4 Å². The normalized spacial score (nSPS) is 19.0. The first-order valence-corrected chi connectivity index (χ1v) is 8.20. The Morgan fingerprint density at radius 2 is 2.11 bits per heavy atom. The molecule has 27 heavy (non-hydrogen) atoms. The van der Waals surface area contributed by atoms with E-state index in [1.54, 1.807) is 51.2 Å². The standard InChI is InChI=1S/C18H18N6O3/c1-11-7-14(23(3)22-11)20-15(25)10-24-16(26)18(2,21-17(24)27)13-6-4-5-12(8-13)9-19/h4-8H,10H2,1-3H3,(H,20,25)(H,21,27). The number of carbonyl (C=O) groups is 3. The summed E-state index contributed by atoms with van der Waals surface area (Å²) in [7, 11) is 1.68. The van der Waals surface area contributed by atoms with Gasteiger partial charge in [-0.2, -0.15) is 10.4 Å². The lowest BCUT2D eigenvalue weighted by Crippen LogP contribution is -2.42. The number of anilines is 1. The van der Waals surface area contributed by atoms with Gasteiger partial charge in [-0.05, 0) is 31.5 Å². The number of carbonyl (C=O) groups excluding carboxylic acids is 3. The van der Waals surface area contributed by atoms with Crippen LogP contribution in [0.1, 0.15) is 23.7 Å². The molecule has 1 fully saturated rings. The van der Waals surface area contributed by atoms with Gasteiger partial charge in [-0.1, -0.05) is 12.1 Å². The Bertz CT molecular complexity index is 989. The third-order valence-corrected chi connectivity index (χ3v) is 4.42. The molecule has 9 heteroatoms. The second-order valence-electron chi connectivity index (χ2n) is 6.48. The second kappa shape index (κ2) is 6.57. The maximum Gasteiger partial charge on any atom is 0.325 e. The number of urea groups is 1. The molecular weight excluding hydrogens is 348 g/mol. The summed E-state index contributed by atoms with van der Waals surface area (Å²) in [5.41, 5.74) is 0.240. The predicted molar refractivity (Wildman–Crippen MR) is 95.3 cm³/mol. The minimum atomic E-state index is -1.34. The van der Waals surface area contributed by atoms with Crippen molar-refractivity contribution >= 4 is 23.7 Å². The molecule has 2 N–H and O–H groups in total. The predicted octanol–water partition coefficient (Wildman–Crippen LogP) is 1.01. The first kappa shape index (κ1) is 18.1. The zero-order valence-electron chi connectivity index (χ0n) is 15.1. The molecule has 9 nitrogen and oxygen atoms in total. The molecule has 1 saturated heterocycles. The van der Waals surface area contributed by atoms with E-state index in [1.165, 1.54) is 4.68 Å². The molecule has 2 aromatic rings. The van der Waals surface area contributed by atoms with Gasteiger partial charge in [-0.25, -0.2) is 4.79 Å². The van der Waals surface area contributed by atoms with Crippen molar-refractivity contribution in [3.63, 3.8) is 0 Å². The van der Waals surface area contributed by atoms with Crippen molar-refractivity contribution in [3.05, 3.63) is 47.2 Å². The van der Waals surface area contributed by atoms with Crippen LogP contribution in [0.3, 0.4) is 0 Å². The molecular formula is C18H18N6O3. The number of imide groups is 1. The van der Waals surface area contributed by atoms with Crippen molar-refractivity contribution in [1.82, 2.24) is 20.0 Å². The summed E-state index contributed by atoms with van der Waals surface area (Å²) in [6.07, 6.45) is 0. The lowest BCUT2D eigenvalue weighted by molar-refractivity contribution is -0.133. The molecule has 0 bridgehead atoms. The number of rotatable bonds is 4. The maximum atomic E-state index is 12.9. The summed E-state index contributed by atoms with van der Waals surface area (Å²) in [6.45, 7) is 2.91. The van der Waals surface area contributed by atoms with Gasteiger partial charge in [-0.15, -0.1) is 0 Å². The van der Waals surface area contributed by atoms with E-state index in [0.29, 0.717) is 16.9 Å². The molecule has 0 spiro atoms. The monoisotopic (exact) mass is 366 g/mol. The first-order valence-electron chi connectivity index (χ1n) is 8.20. The van der Waals surface area contributed by atoms with E-state index < -0.39 is 29.9 Å². The average molecular weight is 366 g/mol. The van der Waals surface area contributed by atoms with Gasteiger partial charge < -0.3 is 10.6 Å². The highest BCUT2D eigenvalue weighted by Gasteiger charge is 2.49. The first-order chi connectivity index (χ1) is 12.7. The van der Waals surface area contributed by atoms with Gasteiger partial charge in [0.05, 0.1) is 17.3 Å². The fraction of sp³-hybridized carbons (Fsp3) is 0.278. The van der Waals surface area contributed by atoms with Crippen LogP contribution >= 0.6 is 0 Å². The Kier molecular flexibility index (Phi) is 4.41. The minimum Gasteiger partial charge on any atom is -0.319 e. The molecule has 1 unspecified atom stereocenters. The van der Waals surface area contributed by atoms with E-state index in [-0.39, 0.29) is 0 Å². The largest absolute Gasteiger partial charge is 0.325 e. The summed E-state index contributed by atoms with van der Waals surface area (Å²) < 4.78 is 1.50. The SMILES string of the molecule is Cc1cc(NC(=O)CN2C(=O)NC(C)(c3cccc(C#N)c3)C2=O)n(C)n1. The van der Waals surface area contributed by atoms with E-state index in [4.69, 9.17) is 5.26 Å². The Morgan fingerprint density at radius 1 is 1.37 bits per heavy atom. The molecule has 0 aliphatic carbocycles. The van der Waals surface area contributed by atoms with Crippen LogP contribution in [-0.2, 0) is 22.2 Å². The number of amides is 4. The molecule has 3 rings (SSSR count). The molecule has 1 aliphatic heterocycles. The fourth-order valence-corrected chi connectivity index (χ4v) is 2.99. The Hall–Kier alpha value is -3.67. The highest BCUT2D eigenvalue weighted by atomic mass is 16.2. The lowest BCUT2D eigenvalue weighted by Gasteiger charge is -2.22. The van der Waals surface area contributed by atoms with Crippen LogP contribution in [0.4, 0.5) is 10.6 Å². The van der Waals surface area contributed by atoms with Gasteiger partial charge in [0.1, 0.15) is 17.9 Å². The topological polar surface area (TPSA) is 120 Å². The van der Waals surface area contributed by atoms with E-state index >= 15 is 0 Å². The highest BCUT2D eigenvalue weighted by molar-refractivity contribution is 6.10. The molecule has 1 aliphatic rings. The number of benzene rings is 1. The van der Waals surface area contributed by atoms with Crippen LogP contribution in [0.2, 0.25) is 0 Å². The number of nitrogens with one attached hydrogen (secondary N) is 2. The number of hydrogen-bond acceptors (Lipinski definition) is 5. The van der Waals surface area contributed by atoms with E-state index in [1.807, 2.05) is 6.07 Å². The zero-order valence-corrected chi connectivity index (χ0v) is 15.1. The Labute approximate surface area is 155 Å². The van der Waals surface area contributed by atoms with Gasteiger partial charge >= 0.3 is 6.03 Å². The number of nitrogens with zero attached hydrogens (tertiary/aromatic N) is 4. The van der Waals surface area contributed by atoms with Crippen molar-refractivity contribution in [1.29, 1.82) is 5.26 Å². The highest BCUT2D eigenvalue weighted by Crippen LogP contribution is 2.29. The number of hydrogen-bond donors (Lipinski definition) is 2. The third-order valence-electron chi connectivity index (χ3n) is 4.42. The molecule has 138 valence electrons. The van der Waals surface area contributed by atoms with E-state index in [0.717, 1.165) is 10.6 Å². The van der Waals surface area contributed by atoms with Crippen LogP contribution in [0.15, 0.2) is 30.3 Å². The summed E-state index contributed by atoms with van der Waals surface area (Å²) in [5.74, 6) is -0.607. The van der Waals surface area contributed by atoms with Crippen molar-refractivity contribution in [2.24, 2.45) is 7.05 Å². The second-order valence-corrected chi connectivity index (χ2v) is 6.48. The molecule has 1 atom stereocenters. The third kappa shape index (κ3) is 3.25. The molecule has 1 aromatic heterocycles. The summed E-state index contributed by atoms with van der Waals surface area (Å²) >= 11 is 0. The van der Waals surface area contributed by atoms with Gasteiger partial charge in [-0.3, -0.25) is 19.2 Å². The van der Waals surface area contributed by atoms with Gasteiger partial charge in [0.15, 0.2) is 0 Å². The molecule has 4 amide bonds. The van der Waals surface area contributed by atoms with Crippen LogP contribution in [-0.4, -0.2) is 39.1 Å². The molecule has 0 radical (unpaired) electrons. The lowest BCUT2D eigenvalue weighted by atomic mass is 9.91. The number of aromatic nitrogens is 2. The van der Waals surface area contributed by atoms with Crippen molar-refractivity contribution in [3.8, 4) is 6.07 Å². The average Bonchev–Trinajstić information content (AvgIpc) is 3.05. The van der Waals surface area contributed by atoms with Crippen molar-refractivity contribution < 1.29 is 14.4 Å². The van der Waals surface area contributed by atoms with Crippen LogP contribution in [0.5, 0.6) is 0 Å². The van der Waals surface area contributed by atoms with Gasteiger partial charge in [0, 0.05) is 13.1 Å². The molecule has 0 saturated carbocycles. The number of nitriles is 1. The summed E-state index contributed by atoms with van der Waals surface area (Å²) in [6, 6.07) is 9.46. The van der Waals surface area contributed by atoms with E-state index in [2.05, 4.69) is 15.7 Å². The fourth-order valence-electron chi connectivity index (χ4n) is 2.99. The molecule has 2 heterocycles. The van der Waals surface area contributed by atoms with Crippen LogP contribution in [0.25, 0.3) is 0 Å². The molecule has 1 aromatic carbocycles. The van der Waals surface area contributed by atoms with Crippen LogP contribution < -0.4 is 10.6 Å². The van der Waals surface area contributed by atoms with E-state index in [9.17, 15) is 14.4 Å². The quantitative estimate of drug-likeness (QED) is 0.782. The smallest absolute Gasteiger partial charge is 0.319 e. The summed E-state index contributed by atoms with van der Waals surface area (Å²) in [4.78, 5) is 38.3. The minimum absolute atomic E-state index is 0.374. The Balaban J connectivity index is 1.78. The summed E-state index contributed by atoms with van der Waals surface area (Å²) in [5, 5.41) is 18.4. The van der Waals surface area contributed by atoms with Crippen LogP contribution in [0, 0.1) is 18.3 Å². The zero-order chi connectivity index (χ0) is 19.8. The van der Waals surface area contributed by atoms with Gasteiger partial charge in [0.2, 0.25) is 5.91 Å². The Morgan fingerprint density at radius 3 is 2.74 bits per heavy atom. The van der Waals surface area contributed by atoms with Crippen molar-refractivity contribution in [2.75, 3.05) is 11.9 Å².